The molecule has 0 aromatic carbocycles. The lowest BCUT2D eigenvalue weighted by molar-refractivity contribution is -0.167. The Kier molecular flexibility index (Phi) is 65.2. The van der Waals surface area contributed by atoms with Crippen LogP contribution in [0.15, 0.2) is 109 Å². The molecule has 0 fully saturated rings. The molecule has 6 heteroatoms. The van der Waals surface area contributed by atoms with Crippen LogP contribution >= 0.6 is 0 Å². The molecule has 0 aliphatic rings. The van der Waals surface area contributed by atoms with E-state index in [1.54, 1.807) is 0 Å². The lowest BCUT2D eigenvalue weighted by Crippen LogP contribution is -2.30. The summed E-state index contributed by atoms with van der Waals surface area (Å²) >= 11 is 0. The van der Waals surface area contributed by atoms with Crippen LogP contribution in [-0.4, -0.2) is 37.2 Å². The fraction of sp³-hybridized carbons (Fsp3) is 0.720. The maximum atomic E-state index is 12.9. The zero-order valence-electron chi connectivity index (χ0n) is 53.3. The molecule has 464 valence electrons. The van der Waals surface area contributed by atoms with Gasteiger partial charge in [-0.1, -0.05) is 297 Å². The molecule has 0 aliphatic heterocycles. The average molecular weight is 1130 g/mol. The molecule has 0 aliphatic carbocycles. The first-order valence-electron chi connectivity index (χ1n) is 34.4. The van der Waals surface area contributed by atoms with Crippen LogP contribution in [-0.2, 0) is 28.6 Å². The van der Waals surface area contributed by atoms with Gasteiger partial charge in [0.25, 0.3) is 0 Å². The van der Waals surface area contributed by atoms with Crippen molar-refractivity contribution in [1.29, 1.82) is 0 Å². The maximum Gasteiger partial charge on any atom is 0.306 e. The molecule has 0 saturated carbocycles. The summed E-state index contributed by atoms with van der Waals surface area (Å²) in [4.78, 5) is 38.3. The van der Waals surface area contributed by atoms with E-state index in [4.69, 9.17) is 14.2 Å². The van der Waals surface area contributed by atoms with Crippen LogP contribution in [0.25, 0.3) is 0 Å². The topological polar surface area (TPSA) is 78.9 Å². The Morgan fingerprint density at radius 2 is 0.494 bits per heavy atom. The Morgan fingerprint density at radius 3 is 0.802 bits per heavy atom. The van der Waals surface area contributed by atoms with E-state index in [-0.39, 0.29) is 31.1 Å². The van der Waals surface area contributed by atoms with Crippen molar-refractivity contribution in [3.05, 3.63) is 109 Å². The van der Waals surface area contributed by atoms with Crippen molar-refractivity contribution in [3.8, 4) is 0 Å². The minimum absolute atomic E-state index is 0.0838. The number of allylic oxidation sites excluding steroid dienone is 18. The monoisotopic (exact) mass is 1120 g/mol. The highest BCUT2D eigenvalue weighted by molar-refractivity contribution is 5.71. The summed E-state index contributed by atoms with van der Waals surface area (Å²) in [7, 11) is 0. The molecule has 0 amide bonds. The molecule has 0 rings (SSSR count). The number of unbranched alkanes of at least 4 members (excludes halogenated alkanes) is 33. The van der Waals surface area contributed by atoms with Gasteiger partial charge in [0, 0.05) is 19.3 Å². The normalized spacial score (nSPS) is 12.8. The van der Waals surface area contributed by atoms with Crippen molar-refractivity contribution in [3.63, 3.8) is 0 Å². The Labute approximate surface area is 501 Å². The molecule has 0 N–H and O–H groups in total. The van der Waals surface area contributed by atoms with Crippen LogP contribution < -0.4 is 0 Å². The van der Waals surface area contributed by atoms with Crippen LogP contribution in [0.2, 0.25) is 0 Å². The molecule has 0 saturated heterocycles. The summed E-state index contributed by atoms with van der Waals surface area (Å²) in [6, 6.07) is 0. The van der Waals surface area contributed by atoms with Crippen LogP contribution in [0.1, 0.15) is 329 Å². The minimum Gasteiger partial charge on any atom is -0.462 e. The van der Waals surface area contributed by atoms with Crippen molar-refractivity contribution in [2.45, 2.75) is 335 Å². The Hall–Kier alpha value is -3.93. The first-order valence-corrected chi connectivity index (χ1v) is 34.4. The molecule has 0 radical (unpaired) electrons. The molecular weight excluding hydrogens is 997 g/mol. The summed E-state index contributed by atoms with van der Waals surface area (Å²) in [6.07, 6.45) is 94.0. The Bertz CT molecular complexity index is 1620. The third-order valence-corrected chi connectivity index (χ3v) is 14.7. The molecule has 0 spiro atoms. The van der Waals surface area contributed by atoms with Gasteiger partial charge in [-0.2, -0.15) is 0 Å². The van der Waals surface area contributed by atoms with Crippen LogP contribution in [0.4, 0.5) is 0 Å². The van der Waals surface area contributed by atoms with Gasteiger partial charge in [-0.25, -0.2) is 0 Å². The maximum absolute atomic E-state index is 12.9. The molecule has 0 heterocycles. The first kappa shape index (κ1) is 77.1. The predicted molar refractivity (Wildman–Crippen MR) is 353 cm³/mol. The second kappa shape index (κ2) is 68.6. The third kappa shape index (κ3) is 66.8. The fourth-order valence-electron chi connectivity index (χ4n) is 9.58. The second-order valence-electron chi connectivity index (χ2n) is 22.7. The number of hydrogen-bond donors (Lipinski definition) is 0. The van der Waals surface area contributed by atoms with Gasteiger partial charge >= 0.3 is 17.9 Å². The number of esters is 3. The highest BCUT2D eigenvalue weighted by atomic mass is 16.6. The van der Waals surface area contributed by atoms with Crippen molar-refractivity contribution < 1.29 is 28.6 Å². The lowest BCUT2D eigenvalue weighted by atomic mass is 10.0. The smallest absolute Gasteiger partial charge is 0.306 e. The molecule has 0 aromatic rings. The molecule has 1 unspecified atom stereocenters. The van der Waals surface area contributed by atoms with Crippen LogP contribution in [0, 0.1) is 0 Å². The summed E-state index contributed by atoms with van der Waals surface area (Å²) in [5, 5.41) is 0. The van der Waals surface area contributed by atoms with E-state index in [1.807, 2.05) is 0 Å². The first-order chi connectivity index (χ1) is 40.0. The molecule has 1 atom stereocenters. The third-order valence-electron chi connectivity index (χ3n) is 14.7. The largest absolute Gasteiger partial charge is 0.462 e. The van der Waals surface area contributed by atoms with Crippen molar-refractivity contribution in [2.75, 3.05) is 13.2 Å². The second-order valence-corrected chi connectivity index (χ2v) is 22.7. The van der Waals surface area contributed by atoms with Crippen molar-refractivity contribution in [1.82, 2.24) is 0 Å². The standard InChI is InChI=1S/C75H128O6/c1-4-7-10-13-16-19-22-24-26-28-30-31-32-33-34-35-36-37-38-39-40-41-42-43-45-46-48-50-53-56-59-62-65-68-74(77)80-71-72(70-79-73(76)67-64-61-58-55-52-21-18-15-12-9-6-3)81-75(78)69-66-63-60-57-54-51-49-47-44-29-27-25-23-20-17-14-11-8-5-2/h7,10,15-20,24-27,30-31,33-34,44,47,72H,4-6,8-9,11-14,21-23,28-29,32,35-43,45-46,48-71H2,1-3H3/b10-7-,18-15-,19-16-,20-17-,26-24-,27-25-,31-30-,34-33-,47-44-. The summed E-state index contributed by atoms with van der Waals surface area (Å²) < 4.78 is 16.9. The van der Waals surface area contributed by atoms with Gasteiger partial charge in [-0.05, 0) is 122 Å². The van der Waals surface area contributed by atoms with Gasteiger partial charge in [-0.15, -0.1) is 0 Å². The number of hydrogen-bond acceptors (Lipinski definition) is 6. The van der Waals surface area contributed by atoms with E-state index < -0.39 is 6.10 Å². The highest BCUT2D eigenvalue weighted by Gasteiger charge is 2.19. The molecular formula is C75H128O6. The predicted octanol–water partition coefficient (Wildman–Crippen LogP) is 23.8. The zero-order valence-corrected chi connectivity index (χ0v) is 53.3. The Balaban J connectivity index is 4.17. The number of ether oxygens (including phenoxy) is 3. The van der Waals surface area contributed by atoms with E-state index in [0.717, 1.165) is 122 Å². The average Bonchev–Trinajstić information content (AvgIpc) is 3.47. The van der Waals surface area contributed by atoms with E-state index in [9.17, 15) is 14.4 Å². The van der Waals surface area contributed by atoms with E-state index in [2.05, 4.69) is 130 Å². The van der Waals surface area contributed by atoms with Gasteiger partial charge in [0.1, 0.15) is 13.2 Å². The van der Waals surface area contributed by atoms with E-state index >= 15 is 0 Å². The van der Waals surface area contributed by atoms with Gasteiger partial charge in [0.2, 0.25) is 0 Å². The molecule has 0 bridgehead atoms. The summed E-state index contributed by atoms with van der Waals surface area (Å²) in [6.45, 7) is 6.47. The lowest BCUT2D eigenvalue weighted by Gasteiger charge is -2.18. The SMILES string of the molecule is CC/C=C\C/C=C\C/C=C\C/C=C\C/C=C\CCCCCCCCCCCCCCCCCCCC(=O)OCC(COC(=O)CCCCCCC/C=C\CCCC)OC(=O)CCCCCCCC/C=C\C/C=C\C/C=C\CCCCC. The fourth-order valence-corrected chi connectivity index (χ4v) is 9.58. The number of rotatable bonds is 62. The van der Waals surface area contributed by atoms with Gasteiger partial charge < -0.3 is 14.2 Å². The van der Waals surface area contributed by atoms with E-state index in [1.165, 1.54) is 167 Å². The molecule has 0 aromatic heterocycles. The summed E-state index contributed by atoms with van der Waals surface area (Å²) in [5.41, 5.74) is 0. The highest BCUT2D eigenvalue weighted by Crippen LogP contribution is 2.17. The number of carbonyl (C=O) groups is 3. The van der Waals surface area contributed by atoms with Crippen molar-refractivity contribution >= 4 is 17.9 Å². The van der Waals surface area contributed by atoms with Crippen LogP contribution in [0.5, 0.6) is 0 Å². The van der Waals surface area contributed by atoms with Gasteiger partial charge in [-0.3, -0.25) is 14.4 Å². The van der Waals surface area contributed by atoms with Crippen molar-refractivity contribution in [2.24, 2.45) is 0 Å². The molecule has 81 heavy (non-hydrogen) atoms. The van der Waals surface area contributed by atoms with Gasteiger partial charge in [0.05, 0.1) is 0 Å². The quantitative estimate of drug-likeness (QED) is 0.0261. The number of carbonyl (C=O) groups excluding carboxylic acids is 3. The summed E-state index contributed by atoms with van der Waals surface area (Å²) in [5.74, 6) is -0.896. The minimum atomic E-state index is -0.788. The van der Waals surface area contributed by atoms with Crippen LogP contribution in [0.3, 0.4) is 0 Å². The van der Waals surface area contributed by atoms with Gasteiger partial charge in [0.15, 0.2) is 6.10 Å². The van der Waals surface area contributed by atoms with E-state index in [0.29, 0.717) is 19.3 Å². The zero-order chi connectivity index (χ0) is 58.5. The molecule has 6 nitrogen and oxygen atoms in total. The Morgan fingerprint density at radius 1 is 0.259 bits per heavy atom.